The van der Waals surface area contributed by atoms with E-state index in [1.54, 1.807) is 12.3 Å². The summed E-state index contributed by atoms with van der Waals surface area (Å²) in [6.45, 7) is 0.608. The van der Waals surface area contributed by atoms with E-state index in [9.17, 15) is 5.11 Å². The van der Waals surface area contributed by atoms with Gasteiger partial charge in [-0.3, -0.25) is 0 Å². The number of imidazole rings is 1. The number of rotatable bonds is 3. The van der Waals surface area contributed by atoms with Crippen LogP contribution in [0.5, 0.6) is 5.75 Å². The molecule has 2 aromatic carbocycles. The maximum Gasteiger partial charge on any atom is 0.140 e. The molecule has 0 bridgehead atoms. The molecule has 1 aromatic heterocycles. The molecule has 0 aliphatic carbocycles. The summed E-state index contributed by atoms with van der Waals surface area (Å²) in [5.41, 5.74) is 1.96. The van der Waals surface area contributed by atoms with E-state index in [1.807, 2.05) is 59.3 Å². The molecule has 0 spiro atoms. The number of phenolic OH excluding ortho intramolecular Hbond substituents is 1. The number of hydrogen-bond acceptors (Lipinski definition) is 2. The van der Waals surface area contributed by atoms with E-state index in [4.69, 9.17) is 0 Å². The predicted octanol–water partition coefficient (Wildman–Crippen LogP) is 3.30. The van der Waals surface area contributed by atoms with Gasteiger partial charge in [0.1, 0.15) is 11.6 Å². The van der Waals surface area contributed by atoms with E-state index in [-0.39, 0.29) is 0 Å². The first kappa shape index (κ1) is 11.5. The van der Waals surface area contributed by atoms with Gasteiger partial charge in [-0.1, -0.05) is 48.5 Å². The minimum absolute atomic E-state index is 0.315. The summed E-state index contributed by atoms with van der Waals surface area (Å²) in [5, 5.41) is 9.84. The monoisotopic (exact) mass is 250 g/mol. The molecule has 3 aromatic rings. The van der Waals surface area contributed by atoms with Crippen LogP contribution in [-0.4, -0.2) is 14.7 Å². The largest absolute Gasteiger partial charge is 0.508 e. The lowest BCUT2D eigenvalue weighted by molar-refractivity contribution is 0.466. The average molecular weight is 250 g/mol. The minimum Gasteiger partial charge on any atom is -0.508 e. The average Bonchev–Trinajstić information content (AvgIpc) is 2.91. The number of aromatic nitrogens is 2. The molecular formula is C16H14N2O. The number of phenols is 1. The molecule has 3 rings (SSSR count). The zero-order chi connectivity index (χ0) is 13.1. The molecule has 0 saturated carbocycles. The van der Waals surface area contributed by atoms with Gasteiger partial charge in [-0.15, -0.1) is 0 Å². The third-order valence-corrected chi connectivity index (χ3v) is 3.08. The lowest BCUT2D eigenvalue weighted by atomic mass is 10.2. The van der Waals surface area contributed by atoms with Gasteiger partial charge in [-0.2, -0.15) is 0 Å². The summed E-state index contributed by atoms with van der Waals surface area (Å²) in [5.74, 6) is 1.22. The van der Waals surface area contributed by atoms with Crippen molar-refractivity contribution in [3.05, 3.63) is 72.6 Å². The zero-order valence-corrected chi connectivity index (χ0v) is 10.4. The summed E-state index contributed by atoms with van der Waals surface area (Å²) < 4.78 is 2.03. The minimum atomic E-state index is 0.315. The van der Waals surface area contributed by atoms with Gasteiger partial charge in [0.05, 0.1) is 6.54 Å². The maximum atomic E-state index is 9.84. The van der Waals surface area contributed by atoms with E-state index in [0.717, 1.165) is 17.0 Å². The second kappa shape index (κ2) is 4.98. The second-order valence-corrected chi connectivity index (χ2v) is 4.37. The topological polar surface area (TPSA) is 38.0 Å². The zero-order valence-electron chi connectivity index (χ0n) is 10.4. The smallest absolute Gasteiger partial charge is 0.140 e. The molecule has 0 atom stereocenters. The third-order valence-electron chi connectivity index (χ3n) is 3.08. The molecule has 1 heterocycles. The van der Waals surface area contributed by atoms with Crippen molar-refractivity contribution >= 4 is 0 Å². The van der Waals surface area contributed by atoms with Crippen LogP contribution in [0.15, 0.2) is 67.0 Å². The van der Waals surface area contributed by atoms with Crippen LogP contribution in [0.4, 0.5) is 0 Å². The van der Waals surface area contributed by atoms with Crippen molar-refractivity contribution in [2.75, 3.05) is 0 Å². The lowest BCUT2D eigenvalue weighted by Gasteiger charge is -2.09. The van der Waals surface area contributed by atoms with Crippen LogP contribution in [0.2, 0.25) is 0 Å². The Morgan fingerprint density at radius 3 is 2.47 bits per heavy atom. The van der Waals surface area contributed by atoms with Crippen molar-refractivity contribution in [2.45, 2.75) is 6.54 Å². The van der Waals surface area contributed by atoms with Gasteiger partial charge in [-0.05, 0) is 6.07 Å². The molecule has 0 aliphatic rings. The summed E-state index contributed by atoms with van der Waals surface area (Å²) >= 11 is 0. The van der Waals surface area contributed by atoms with Crippen LogP contribution in [0.3, 0.4) is 0 Å². The molecule has 1 N–H and O–H groups in total. The van der Waals surface area contributed by atoms with Crippen molar-refractivity contribution in [1.82, 2.24) is 9.55 Å². The number of hydrogen-bond donors (Lipinski definition) is 1. The van der Waals surface area contributed by atoms with Gasteiger partial charge < -0.3 is 9.67 Å². The quantitative estimate of drug-likeness (QED) is 0.774. The van der Waals surface area contributed by atoms with Crippen LogP contribution >= 0.6 is 0 Å². The van der Waals surface area contributed by atoms with Gasteiger partial charge in [-0.25, -0.2) is 4.98 Å². The van der Waals surface area contributed by atoms with E-state index in [2.05, 4.69) is 4.98 Å². The Hall–Kier alpha value is -2.55. The SMILES string of the molecule is Oc1ccccc1Cn1ccnc1-c1ccccc1. The molecular weight excluding hydrogens is 236 g/mol. The molecule has 0 aliphatic heterocycles. The third kappa shape index (κ3) is 2.36. The first-order valence-electron chi connectivity index (χ1n) is 6.18. The number of benzene rings is 2. The highest BCUT2D eigenvalue weighted by Crippen LogP contribution is 2.21. The molecule has 0 radical (unpaired) electrons. The summed E-state index contributed by atoms with van der Waals surface area (Å²) in [6.07, 6.45) is 3.71. The van der Waals surface area contributed by atoms with Crippen LogP contribution in [0.1, 0.15) is 5.56 Å². The molecule has 94 valence electrons. The van der Waals surface area contributed by atoms with E-state index in [0.29, 0.717) is 12.3 Å². The van der Waals surface area contributed by atoms with Gasteiger partial charge in [0.15, 0.2) is 0 Å². The normalized spacial score (nSPS) is 10.5. The number of para-hydroxylation sites is 1. The Balaban J connectivity index is 1.96. The predicted molar refractivity (Wildman–Crippen MR) is 74.9 cm³/mol. The van der Waals surface area contributed by atoms with E-state index < -0.39 is 0 Å². The first-order valence-corrected chi connectivity index (χ1v) is 6.18. The van der Waals surface area contributed by atoms with Crippen LogP contribution in [0.25, 0.3) is 11.4 Å². The van der Waals surface area contributed by atoms with E-state index in [1.165, 1.54) is 0 Å². The molecule has 3 heteroatoms. The Bertz CT molecular complexity index is 674. The Kier molecular flexibility index (Phi) is 3.02. The molecule has 0 unspecified atom stereocenters. The van der Waals surface area contributed by atoms with E-state index >= 15 is 0 Å². The van der Waals surface area contributed by atoms with Crippen molar-refractivity contribution in [3.8, 4) is 17.1 Å². The molecule has 19 heavy (non-hydrogen) atoms. The van der Waals surface area contributed by atoms with Gasteiger partial charge in [0.2, 0.25) is 0 Å². The number of nitrogens with zero attached hydrogens (tertiary/aromatic N) is 2. The van der Waals surface area contributed by atoms with Gasteiger partial charge >= 0.3 is 0 Å². The highest BCUT2D eigenvalue weighted by molar-refractivity contribution is 5.55. The van der Waals surface area contributed by atoms with Crippen LogP contribution in [-0.2, 0) is 6.54 Å². The second-order valence-electron chi connectivity index (χ2n) is 4.37. The molecule has 0 amide bonds. The molecule has 3 nitrogen and oxygen atoms in total. The first-order chi connectivity index (χ1) is 9.34. The summed E-state index contributed by atoms with van der Waals surface area (Å²) in [7, 11) is 0. The van der Waals surface area contributed by atoms with Crippen molar-refractivity contribution in [2.24, 2.45) is 0 Å². The van der Waals surface area contributed by atoms with Crippen LogP contribution < -0.4 is 0 Å². The van der Waals surface area contributed by atoms with Crippen molar-refractivity contribution < 1.29 is 5.11 Å². The summed E-state index contributed by atoms with van der Waals surface area (Å²) in [6, 6.07) is 17.4. The highest BCUT2D eigenvalue weighted by Gasteiger charge is 2.07. The standard InChI is InChI=1S/C16H14N2O/c19-15-9-5-4-8-14(15)12-18-11-10-17-16(18)13-6-2-1-3-7-13/h1-11,19H,12H2. The summed E-state index contributed by atoms with van der Waals surface area (Å²) in [4.78, 5) is 4.39. The van der Waals surface area contributed by atoms with Gasteiger partial charge in [0, 0.05) is 23.5 Å². The fourth-order valence-corrected chi connectivity index (χ4v) is 2.11. The fraction of sp³-hybridized carbons (Fsp3) is 0.0625. The molecule has 0 fully saturated rings. The maximum absolute atomic E-state index is 9.84. The van der Waals surface area contributed by atoms with Crippen LogP contribution in [0, 0.1) is 0 Å². The Morgan fingerprint density at radius 1 is 0.947 bits per heavy atom. The Labute approximate surface area is 111 Å². The Morgan fingerprint density at radius 2 is 1.68 bits per heavy atom. The van der Waals surface area contributed by atoms with Gasteiger partial charge in [0.25, 0.3) is 0 Å². The lowest BCUT2D eigenvalue weighted by Crippen LogP contribution is -2.01. The molecule has 0 saturated heterocycles. The number of aromatic hydroxyl groups is 1. The van der Waals surface area contributed by atoms with Crippen molar-refractivity contribution in [3.63, 3.8) is 0 Å². The highest BCUT2D eigenvalue weighted by atomic mass is 16.3. The van der Waals surface area contributed by atoms with Crippen molar-refractivity contribution in [1.29, 1.82) is 0 Å². The fourth-order valence-electron chi connectivity index (χ4n) is 2.11.